The molecule has 0 spiro atoms. The van der Waals surface area contributed by atoms with Crippen LogP contribution in [0.3, 0.4) is 0 Å². The Morgan fingerprint density at radius 3 is 2.86 bits per heavy atom. The summed E-state index contributed by atoms with van der Waals surface area (Å²) in [4.78, 5) is 0. The van der Waals surface area contributed by atoms with E-state index in [4.69, 9.17) is 9.31 Å². The van der Waals surface area contributed by atoms with Gasteiger partial charge in [0.15, 0.2) is 0 Å². The first-order valence-electron chi connectivity index (χ1n) is 4.22. The van der Waals surface area contributed by atoms with Crippen LogP contribution in [0.15, 0.2) is 22.7 Å². The van der Waals surface area contributed by atoms with Crippen molar-refractivity contribution in [1.29, 1.82) is 0 Å². The summed E-state index contributed by atoms with van der Waals surface area (Å²) in [6, 6.07) is 4.49. The predicted octanol–water partition coefficient (Wildman–Crippen LogP) is 2.87. The highest BCUT2D eigenvalue weighted by Gasteiger charge is 2.09. The molecule has 0 aliphatic carbocycles. The molecule has 14 heavy (non-hydrogen) atoms. The lowest BCUT2D eigenvalue weighted by Gasteiger charge is -2.08. The largest absolute Gasteiger partial charge is 0.453 e. The maximum absolute atomic E-state index is 12.8. The molecule has 1 aromatic rings. The average molecular weight is 261 g/mol. The first kappa shape index (κ1) is 11.7. The third-order valence-corrected chi connectivity index (χ3v) is 2.59. The van der Waals surface area contributed by atoms with Crippen molar-refractivity contribution in [3.8, 4) is 0 Å². The number of halogens is 2. The first-order chi connectivity index (χ1) is 6.63. The lowest BCUT2D eigenvalue weighted by Crippen LogP contribution is -2.15. The summed E-state index contributed by atoms with van der Waals surface area (Å²) >= 11 is 3.31. The van der Waals surface area contributed by atoms with Crippen LogP contribution in [-0.2, 0) is 15.9 Å². The minimum atomic E-state index is -0.287. The van der Waals surface area contributed by atoms with Crippen molar-refractivity contribution in [3.05, 3.63) is 34.1 Å². The van der Waals surface area contributed by atoms with Gasteiger partial charge in [-0.05, 0) is 30.6 Å². The van der Waals surface area contributed by atoms with Crippen LogP contribution in [0, 0.1) is 5.82 Å². The third-order valence-electron chi connectivity index (χ3n) is 1.81. The van der Waals surface area contributed by atoms with Crippen LogP contribution in [0.25, 0.3) is 0 Å². The minimum absolute atomic E-state index is 0.267. The van der Waals surface area contributed by atoms with Crippen molar-refractivity contribution < 1.29 is 13.7 Å². The van der Waals surface area contributed by atoms with Crippen molar-refractivity contribution in [3.63, 3.8) is 0 Å². The zero-order valence-corrected chi connectivity index (χ0v) is 9.67. The number of rotatable bonds is 4. The highest BCUT2D eigenvalue weighted by molar-refractivity contribution is 9.10. The minimum Gasteiger partial charge on any atom is -0.414 e. The van der Waals surface area contributed by atoms with Crippen LogP contribution in [0.1, 0.15) is 5.56 Å². The lowest BCUT2D eigenvalue weighted by molar-refractivity contribution is 0.225. The van der Waals surface area contributed by atoms with Crippen molar-refractivity contribution >= 4 is 23.0 Å². The van der Waals surface area contributed by atoms with Gasteiger partial charge in [0.2, 0.25) is 0 Å². The smallest absolute Gasteiger partial charge is 0.414 e. The van der Waals surface area contributed by atoms with Gasteiger partial charge in [-0.3, -0.25) is 0 Å². The normalized spacial score (nSPS) is 10.3. The van der Waals surface area contributed by atoms with E-state index in [2.05, 4.69) is 15.9 Å². The van der Waals surface area contributed by atoms with Crippen LogP contribution < -0.4 is 0 Å². The highest BCUT2D eigenvalue weighted by Crippen LogP contribution is 2.18. The summed E-state index contributed by atoms with van der Waals surface area (Å²) in [5.41, 5.74) is 0.772. The van der Waals surface area contributed by atoms with E-state index in [1.807, 2.05) is 0 Å². The van der Waals surface area contributed by atoms with Crippen LogP contribution in [0.4, 0.5) is 4.39 Å². The zero-order valence-electron chi connectivity index (χ0n) is 8.09. The molecule has 76 valence electrons. The number of hydrogen-bond donors (Lipinski definition) is 0. The lowest BCUT2D eigenvalue weighted by atomic mass is 9.95. The quantitative estimate of drug-likeness (QED) is 0.776. The van der Waals surface area contributed by atoms with Gasteiger partial charge in [0.25, 0.3) is 0 Å². The molecule has 1 aromatic carbocycles. The maximum Gasteiger partial charge on any atom is 0.453 e. The molecule has 0 aliphatic heterocycles. The molecule has 5 heteroatoms. The Bertz CT molecular complexity index is 309. The second-order valence-corrected chi connectivity index (χ2v) is 3.70. The Balaban J connectivity index is 2.62. The molecule has 0 fully saturated rings. The van der Waals surface area contributed by atoms with Gasteiger partial charge in [-0.25, -0.2) is 4.39 Å². The van der Waals surface area contributed by atoms with Gasteiger partial charge in [-0.15, -0.1) is 0 Å². The van der Waals surface area contributed by atoms with E-state index in [0.717, 1.165) is 10.0 Å². The van der Waals surface area contributed by atoms with E-state index in [0.29, 0.717) is 6.61 Å². The maximum atomic E-state index is 12.8. The predicted molar refractivity (Wildman–Crippen MR) is 57.5 cm³/mol. The summed E-state index contributed by atoms with van der Waals surface area (Å²) in [5.74, 6) is -0.267. The van der Waals surface area contributed by atoms with E-state index >= 15 is 0 Å². The van der Waals surface area contributed by atoms with Gasteiger partial charge >= 0.3 is 7.12 Å². The van der Waals surface area contributed by atoms with E-state index < -0.39 is 0 Å². The number of hydrogen-bond acceptors (Lipinski definition) is 2. The van der Waals surface area contributed by atoms with Crippen LogP contribution in [-0.4, -0.2) is 14.2 Å². The summed E-state index contributed by atoms with van der Waals surface area (Å²) in [5, 5.41) is 0. The van der Waals surface area contributed by atoms with E-state index in [1.54, 1.807) is 20.0 Å². The summed E-state index contributed by atoms with van der Waals surface area (Å²) in [6.07, 6.45) is 0. The Morgan fingerprint density at radius 2 is 2.21 bits per heavy atom. The fraction of sp³-hybridized carbons (Fsp3) is 0.333. The zero-order chi connectivity index (χ0) is 10.6. The summed E-state index contributed by atoms with van der Waals surface area (Å²) < 4.78 is 23.9. The standard InChI is InChI=1S/C9H11BBrFO2/c1-10(13-2)14-6-7-5-8(12)3-4-9(7)11/h3-5H,6H2,1-2H3. The Labute approximate surface area is 91.7 Å². The average Bonchev–Trinajstić information content (AvgIpc) is 2.19. The van der Waals surface area contributed by atoms with Crippen molar-refractivity contribution in [1.82, 2.24) is 0 Å². The molecule has 0 saturated heterocycles. The van der Waals surface area contributed by atoms with Gasteiger partial charge in [0.1, 0.15) is 5.82 Å². The Hall–Kier alpha value is -0.385. The molecule has 0 aliphatic rings. The Kier molecular flexibility index (Phi) is 4.58. The van der Waals surface area contributed by atoms with Gasteiger partial charge in [0.05, 0.1) is 6.61 Å². The van der Waals surface area contributed by atoms with Gasteiger partial charge < -0.3 is 9.31 Å². The molecule has 0 heterocycles. The molecule has 0 atom stereocenters. The second kappa shape index (κ2) is 5.48. The van der Waals surface area contributed by atoms with Crippen molar-refractivity contribution in [2.75, 3.05) is 7.11 Å². The van der Waals surface area contributed by atoms with E-state index in [-0.39, 0.29) is 12.9 Å². The van der Waals surface area contributed by atoms with Crippen molar-refractivity contribution in [2.24, 2.45) is 0 Å². The SMILES string of the molecule is COB(C)OCc1cc(F)ccc1Br. The molecule has 2 nitrogen and oxygen atoms in total. The topological polar surface area (TPSA) is 18.5 Å². The molecular formula is C9H11BBrFO2. The summed E-state index contributed by atoms with van der Waals surface area (Å²) in [6.45, 7) is 2.11. The molecule has 0 N–H and O–H groups in total. The molecule has 0 bridgehead atoms. The van der Waals surface area contributed by atoms with Gasteiger partial charge in [-0.1, -0.05) is 15.9 Å². The molecule has 0 radical (unpaired) electrons. The number of benzene rings is 1. The molecule has 0 amide bonds. The van der Waals surface area contributed by atoms with Crippen LogP contribution in [0.2, 0.25) is 6.82 Å². The van der Waals surface area contributed by atoms with Gasteiger partial charge in [-0.2, -0.15) is 0 Å². The van der Waals surface area contributed by atoms with Crippen LogP contribution in [0.5, 0.6) is 0 Å². The first-order valence-corrected chi connectivity index (χ1v) is 5.01. The van der Waals surface area contributed by atoms with Gasteiger partial charge in [0, 0.05) is 11.6 Å². The molecular weight excluding hydrogens is 250 g/mol. The molecule has 0 aromatic heterocycles. The third kappa shape index (κ3) is 3.40. The fourth-order valence-corrected chi connectivity index (χ4v) is 1.29. The molecule has 0 saturated carbocycles. The molecule has 1 rings (SSSR count). The van der Waals surface area contributed by atoms with E-state index in [1.165, 1.54) is 12.1 Å². The second-order valence-electron chi connectivity index (χ2n) is 2.85. The Morgan fingerprint density at radius 1 is 1.50 bits per heavy atom. The monoisotopic (exact) mass is 260 g/mol. The van der Waals surface area contributed by atoms with Crippen molar-refractivity contribution in [2.45, 2.75) is 13.4 Å². The van der Waals surface area contributed by atoms with E-state index in [9.17, 15) is 4.39 Å². The fourth-order valence-electron chi connectivity index (χ4n) is 0.929. The summed E-state index contributed by atoms with van der Waals surface area (Å²) in [7, 11) is 1.27. The molecule has 0 unspecified atom stereocenters. The highest BCUT2D eigenvalue weighted by atomic mass is 79.9. The van der Waals surface area contributed by atoms with Crippen LogP contribution >= 0.6 is 15.9 Å².